The molecule has 2 aromatic heterocycles. The monoisotopic (exact) mass is 370 g/mol. The zero-order chi connectivity index (χ0) is 18.7. The smallest absolute Gasteiger partial charge is 0.278 e. The molecule has 26 heavy (non-hydrogen) atoms. The van der Waals surface area contributed by atoms with Gasteiger partial charge in [0.2, 0.25) is 5.91 Å². The second-order valence-corrected chi connectivity index (χ2v) is 6.66. The highest BCUT2D eigenvalue weighted by Crippen LogP contribution is 2.19. The number of benzene rings is 1. The fraction of sp³-hybridized carbons (Fsp3) is 0.235. The number of carbonyl (C=O) groups excluding carboxylic acids is 2. The molecular weight excluding hydrogens is 352 g/mol. The molecule has 1 aromatic carbocycles. The highest BCUT2D eigenvalue weighted by Gasteiger charge is 2.19. The third-order valence-corrected chi connectivity index (χ3v) is 4.71. The highest BCUT2D eigenvalue weighted by atomic mass is 32.1. The van der Waals surface area contributed by atoms with E-state index >= 15 is 0 Å². The van der Waals surface area contributed by atoms with Gasteiger partial charge in [-0.2, -0.15) is 0 Å². The number of nitrogens with zero attached hydrogens (tertiary/aromatic N) is 4. The molecule has 0 radical (unpaired) electrons. The van der Waals surface area contributed by atoms with Crippen LogP contribution in [0.4, 0.5) is 10.8 Å². The molecule has 0 aliphatic heterocycles. The highest BCUT2D eigenvalue weighted by molar-refractivity contribution is 7.13. The molecule has 9 heteroatoms. The molecule has 2 amide bonds. The third-order valence-electron chi connectivity index (χ3n) is 4.02. The van der Waals surface area contributed by atoms with Gasteiger partial charge in [-0.15, -0.1) is 16.4 Å². The van der Waals surface area contributed by atoms with Crippen molar-refractivity contribution in [3.8, 4) is 0 Å². The number of nitrogens with one attached hydrogen (secondary N) is 2. The normalized spacial score (nSPS) is 10.6. The van der Waals surface area contributed by atoms with Gasteiger partial charge in [-0.25, -0.2) is 9.67 Å². The van der Waals surface area contributed by atoms with Crippen LogP contribution >= 0.6 is 11.3 Å². The second kappa shape index (κ2) is 7.44. The molecule has 134 valence electrons. The molecule has 0 saturated heterocycles. The van der Waals surface area contributed by atoms with Crippen LogP contribution in [-0.2, 0) is 11.3 Å². The summed E-state index contributed by atoms with van der Waals surface area (Å²) in [5, 5.41) is 15.6. The van der Waals surface area contributed by atoms with Gasteiger partial charge in [0.05, 0.1) is 5.69 Å². The predicted molar refractivity (Wildman–Crippen MR) is 99.4 cm³/mol. The summed E-state index contributed by atoms with van der Waals surface area (Å²) in [6.07, 6.45) is 1.61. The van der Waals surface area contributed by atoms with Gasteiger partial charge in [0.15, 0.2) is 10.8 Å². The van der Waals surface area contributed by atoms with Gasteiger partial charge in [-0.05, 0) is 38.0 Å². The minimum atomic E-state index is -0.359. The number of hydrogen-bond acceptors (Lipinski definition) is 6. The molecule has 0 bridgehead atoms. The molecule has 0 atom stereocenters. The first-order valence-corrected chi connectivity index (χ1v) is 8.80. The van der Waals surface area contributed by atoms with Crippen LogP contribution in [0.5, 0.6) is 0 Å². The van der Waals surface area contributed by atoms with Crippen molar-refractivity contribution < 1.29 is 9.59 Å². The summed E-state index contributed by atoms with van der Waals surface area (Å²) < 4.78 is 1.39. The average molecular weight is 370 g/mol. The second-order valence-electron chi connectivity index (χ2n) is 5.77. The Morgan fingerprint density at radius 3 is 2.73 bits per heavy atom. The number of rotatable bonds is 5. The Balaban J connectivity index is 1.70. The Kier molecular flexibility index (Phi) is 5.08. The van der Waals surface area contributed by atoms with Crippen molar-refractivity contribution in [1.82, 2.24) is 20.0 Å². The summed E-state index contributed by atoms with van der Waals surface area (Å²) in [4.78, 5) is 28.6. The molecule has 0 saturated carbocycles. The average Bonchev–Trinajstić information content (AvgIpc) is 3.22. The predicted octanol–water partition coefficient (Wildman–Crippen LogP) is 2.55. The van der Waals surface area contributed by atoms with Crippen LogP contribution in [0.3, 0.4) is 0 Å². The minimum absolute atomic E-state index is 0.0465. The maximum atomic E-state index is 12.5. The van der Waals surface area contributed by atoms with Crippen LogP contribution < -0.4 is 10.6 Å². The number of carbonyl (C=O) groups is 2. The number of amides is 2. The molecule has 8 nitrogen and oxygen atoms in total. The summed E-state index contributed by atoms with van der Waals surface area (Å²) in [5.41, 5.74) is 3.51. The molecule has 0 spiro atoms. The van der Waals surface area contributed by atoms with E-state index < -0.39 is 0 Å². The van der Waals surface area contributed by atoms with Crippen molar-refractivity contribution >= 4 is 34.0 Å². The van der Waals surface area contributed by atoms with Crippen LogP contribution in [0.1, 0.15) is 27.3 Å². The quantitative estimate of drug-likeness (QED) is 0.719. The molecule has 0 fully saturated rings. The Hall–Kier alpha value is -3.07. The number of aromatic nitrogens is 4. The molecule has 3 aromatic rings. The van der Waals surface area contributed by atoms with Gasteiger partial charge in [0.25, 0.3) is 5.91 Å². The van der Waals surface area contributed by atoms with E-state index in [4.69, 9.17) is 0 Å². The number of thiazole rings is 1. The fourth-order valence-corrected chi connectivity index (χ4v) is 2.91. The SMILES string of the molecule is Cc1cccc(NC(=O)c2nnn(CC(=O)Nc3nccs3)c2C)c1C. The van der Waals surface area contributed by atoms with Crippen LogP contribution in [0.25, 0.3) is 0 Å². The topological polar surface area (TPSA) is 102 Å². The van der Waals surface area contributed by atoms with E-state index in [9.17, 15) is 9.59 Å². The lowest BCUT2D eigenvalue weighted by Gasteiger charge is -2.09. The van der Waals surface area contributed by atoms with Gasteiger partial charge < -0.3 is 10.6 Å². The lowest BCUT2D eigenvalue weighted by molar-refractivity contribution is -0.117. The summed E-state index contributed by atoms with van der Waals surface area (Å²) in [6, 6.07) is 5.69. The molecule has 2 heterocycles. The standard InChI is InChI=1S/C17H18N6O2S/c1-10-5-4-6-13(11(10)2)19-16(25)15-12(3)23(22-21-15)9-14(24)20-17-18-7-8-26-17/h4-8H,9H2,1-3H3,(H,19,25)(H,18,20,24). The van der Waals surface area contributed by atoms with E-state index in [2.05, 4.69) is 25.9 Å². The first kappa shape index (κ1) is 17.7. The maximum Gasteiger partial charge on any atom is 0.278 e. The molecule has 0 aliphatic rings. The molecular formula is C17H18N6O2S. The first-order valence-electron chi connectivity index (χ1n) is 7.92. The Bertz CT molecular complexity index is 948. The summed E-state index contributed by atoms with van der Waals surface area (Å²) in [7, 11) is 0. The van der Waals surface area contributed by atoms with Gasteiger partial charge in [0, 0.05) is 17.3 Å². The molecule has 3 rings (SSSR count). The van der Waals surface area contributed by atoms with Gasteiger partial charge in [0.1, 0.15) is 6.54 Å². The lowest BCUT2D eigenvalue weighted by Crippen LogP contribution is -2.21. The molecule has 0 aliphatic carbocycles. The third kappa shape index (κ3) is 3.77. The zero-order valence-corrected chi connectivity index (χ0v) is 15.4. The van der Waals surface area contributed by atoms with Crippen molar-refractivity contribution in [2.75, 3.05) is 10.6 Å². The Morgan fingerprint density at radius 2 is 2.00 bits per heavy atom. The van der Waals surface area contributed by atoms with Gasteiger partial charge in [-0.1, -0.05) is 17.3 Å². The minimum Gasteiger partial charge on any atom is -0.320 e. The van der Waals surface area contributed by atoms with E-state index in [1.807, 2.05) is 32.0 Å². The van der Waals surface area contributed by atoms with Gasteiger partial charge >= 0.3 is 0 Å². The van der Waals surface area contributed by atoms with Crippen molar-refractivity contribution in [3.63, 3.8) is 0 Å². The maximum absolute atomic E-state index is 12.5. The summed E-state index contributed by atoms with van der Waals surface area (Å²) >= 11 is 1.33. The summed E-state index contributed by atoms with van der Waals surface area (Å²) in [6.45, 7) is 5.58. The fourth-order valence-electron chi connectivity index (χ4n) is 2.37. The van der Waals surface area contributed by atoms with E-state index in [1.54, 1.807) is 18.5 Å². The van der Waals surface area contributed by atoms with Crippen LogP contribution in [0, 0.1) is 20.8 Å². The lowest BCUT2D eigenvalue weighted by atomic mass is 10.1. The van der Waals surface area contributed by atoms with Crippen LogP contribution in [0.2, 0.25) is 0 Å². The van der Waals surface area contributed by atoms with E-state index in [-0.39, 0.29) is 24.1 Å². The van der Waals surface area contributed by atoms with Crippen molar-refractivity contribution in [3.05, 3.63) is 52.3 Å². The molecule has 2 N–H and O–H groups in total. The number of aryl methyl sites for hydroxylation is 1. The Morgan fingerprint density at radius 1 is 1.19 bits per heavy atom. The summed E-state index contributed by atoms with van der Waals surface area (Å²) in [5.74, 6) is -0.641. The van der Waals surface area contributed by atoms with E-state index in [0.717, 1.165) is 16.8 Å². The largest absolute Gasteiger partial charge is 0.320 e. The van der Waals surface area contributed by atoms with Crippen molar-refractivity contribution in [2.45, 2.75) is 27.3 Å². The zero-order valence-electron chi connectivity index (χ0n) is 14.6. The van der Waals surface area contributed by atoms with E-state index in [1.165, 1.54) is 16.0 Å². The van der Waals surface area contributed by atoms with Crippen molar-refractivity contribution in [1.29, 1.82) is 0 Å². The molecule has 0 unspecified atom stereocenters. The Labute approximate surface area is 154 Å². The van der Waals surface area contributed by atoms with E-state index in [0.29, 0.717) is 10.8 Å². The van der Waals surface area contributed by atoms with Crippen LogP contribution in [0.15, 0.2) is 29.8 Å². The first-order chi connectivity index (χ1) is 12.5. The number of hydrogen-bond donors (Lipinski definition) is 2. The van der Waals surface area contributed by atoms with Crippen molar-refractivity contribution in [2.24, 2.45) is 0 Å². The van der Waals surface area contributed by atoms with Gasteiger partial charge in [-0.3, -0.25) is 9.59 Å². The number of anilines is 2. The van der Waals surface area contributed by atoms with Crippen LogP contribution in [-0.4, -0.2) is 31.8 Å².